The van der Waals surface area contributed by atoms with E-state index in [1.54, 1.807) is 48.5 Å². The first-order chi connectivity index (χ1) is 13.4. The molecule has 3 aromatic rings. The average Bonchev–Trinajstić information content (AvgIpc) is 2.66. The van der Waals surface area contributed by atoms with Crippen LogP contribution in [0, 0.1) is 5.82 Å². The maximum atomic E-state index is 14.7. The van der Waals surface area contributed by atoms with Gasteiger partial charge < -0.3 is 10.1 Å². The highest BCUT2D eigenvalue weighted by Crippen LogP contribution is 2.30. The van der Waals surface area contributed by atoms with E-state index in [1.165, 1.54) is 0 Å². The highest BCUT2D eigenvalue weighted by Gasteiger charge is 2.13. The molecule has 3 nitrogen and oxygen atoms in total. The predicted molar refractivity (Wildman–Crippen MR) is 111 cm³/mol. The first kappa shape index (κ1) is 19.9. The molecule has 0 atom stereocenters. The molecule has 0 aliphatic carbocycles. The lowest BCUT2D eigenvalue weighted by molar-refractivity contribution is -0.115. The molecule has 0 unspecified atom stereocenters. The zero-order chi connectivity index (χ0) is 20.1. The summed E-state index contributed by atoms with van der Waals surface area (Å²) >= 11 is 6.09. The monoisotopic (exact) mass is 397 g/mol. The van der Waals surface area contributed by atoms with E-state index in [0.29, 0.717) is 21.8 Å². The molecule has 28 heavy (non-hydrogen) atoms. The van der Waals surface area contributed by atoms with Crippen LogP contribution in [0.25, 0.3) is 11.1 Å². The summed E-state index contributed by atoms with van der Waals surface area (Å²) in [6, 6.07) is 19.3. The van der Waals surface area contributed by atoms with Crippen LogP contribution in [0.15, 0.2) is 66.7 Å². The lowest BCUT2D eigenvalue weighted by Crippen LogP contribution is -2.14. The third kappa shape index (κ3) is 4.90. The summed E-state index contributed by atoms with van der Waals surface area (Å²) in [6.45, 7) is 3.71. The lowest BCUT2D eigenvalue weighted by atomic mass is 10.0. The van der Waals surface area contributed by atoms with Gasteiger partial charge in [-0.1, -0.05) is 54.1 Å². The van der Waals surface area contributed by atoms with Gasteiger partial charge in [-0.15, -0.1) is 0 Å². The molecule has 0 bridgehead atoms. The normalized spacial score (nSPS) is 10.8. The van der Waals surface area contributed by atoms with Gasteiger partial charge in [0.15, 0.2) is 11.6 Å². The summed E-state index contributed by atoms with van der Waals surface area (Å²) < 4.78 is 20.2. The Balaban J connectivity index is 1.72. The fourth-order valence-corrected chi connectivity index (χ4v) is 3.03. The highest BCUT2D eigenvalue weighted by molar-refractivity contribution is 6.31. The molecule has 0 saturated heterocycles. The minimum Gasteiger partial charge on any atom is -0.488 e. The predicted octanol–water partition coefficient (Wildman–Crippen LogP) is 6.11. The van der Waals surface area contributed by atoms with E-state index >= 15 is 0 Å². The summed E-state index contributed by atoms with van der Waals surface area (Å²) in [5, 5.41) is 3.39. The van der Waals surface area contributed by atoms with Crippen LogP contribution in [0.5, 0.6) is 5.75 Å². The van der Waals surface area contributed by atoms with Crippen LogP contribution < -0.4 is 10.1 Å². The molecule has 144 valence electrons. The average molecular weight is 398 g/mol. The van der Waals surface area contributed by atoms with E-state index in [0.717, 1.165) is 5.56 Å². The minimum atomic E-state index is -0.397. The van der Waals surface area contributed by atoms with Gasteiger partial charge in [0.25, 0.3) is 0 Å². The van der Waals surface area contributed by atoms with Crippen LogP contribution in [0.2, 0.25) is 5.02 Å². The van der Waals surface area contributed by atoms with Gasteiger partial charge in [-0.05, 0) is 49.2 Å². The Morgan fingerprint density at radius 3 is 2.43 bits per heavy atom. The maximum absolute atomic E-state index is 14.7. The van der Waals surface area contributed by atoms with E-state index in [4.69, 9.17) is 16.3 Å². The molecule has 0 saturated carbocycles. The van der Waals surface area contributed by atoms with E-state index in [1.807, 2.05) is 32.0 Å². The van der Waals surface area contributed by atoms with Crippen molar-refractivity contribution in [3.05, 3.63) is 83.1 Å². The van der Waals surface area contributed by atoms with Crippen molar-refractivity contribution in [1.82, 2.24) is 0 Å². The number of carbonyl (C=O) groups excluding carboxylic acids is 1. The number of halogens is 2. The molecule has 0 spiro atoms. The maximum Gasteiger partial charge on any atom is 0.228 e. The van der Waals surface area contributed by atoms with E-state index < -0.39 is 5.82 Å². The molecular formula is C23H21ClFNO2. The Bertz CT molecular complexity index is 971. The zero-order valence-electron chi connectivity index (χ0n) is 15.7. The van der Waals surface area contributed by atoms with Gasteiger partial charge in [-0.2, -0.15) is 0 Å². The molecule has 0 heterocycles. The third-order valence-electron chi connectivity index (χ3n) is 4.11. The van der Waals surface area contributed by atoms with Gasteiger partial charge in [-0.25, -0.2) is 4.39 Å². The van der Waals surface area contributed by atoms with Gasteiger partial charge in [0.05, 0.1) is 12.5 Å². The number of nitrogens with one attached hydrogen (secondary N) is 1. The van der Waals surface area contributed by atoms with E-state index in [2.05, 4.69) is 5.32 Å². The number of hydrogen-bond acceptors (Lipinski definition) is 2. The van der Waals surface area contributed by atoms with Crippen molar-refractivity contribution in [2.24, 2.45) is 0 Å². The molecule has 1 amide bonds. The minimum absolute atomic E-state index is 0.111. The Hall–Kier alpha value is -2.85. The SMILES string of the molecule is CC(C)Oc1cccc(-c2ccc(NC(=O)Cc3ccccc3Cl)cc2)c1F. The van der Waals surface area contributed by atoms with Crippen LogP contribution in [-0.2, 0) is 11.2 Å². The molecule has 0 aromatic heterocycles. The highest BCUT2D eigenvalue weighted by atomic mass is 35.5. The summed E-state index contributed by atoms with van der Waals surface area (Å²) in [5.74, 6) is -0.337. The third-order valence-corrected chi connectivity index (χ3v) is 4.48. The van der Waals surface area contributed by atoms with Crippen LogP contribution in [0.4, 0.5) is 10.1 Å². The number of carbonyl (C=O) groups is 1. The smallest absolute Gasteiger partial charge is 0.228 e. The number of ether oxygens (including phenoxy) is 1. The Morgan fingerprint density at radius 2 is 1.75 bits per heavy atom. The molecule has 5 heteroatoms. The quantitative estimate of drug-likeness (QED) is 0.544. The summed E-state index contributed by atoms with van der Waals surface area (Å²) in [4.78, 5) is 12.2. The number of hydrogen-bond donors (Lipinski definition) is 1. The first-order valence-corrected chi connectivity index (χ1v) is 9.40. The zero-order valence-corrected chi connectivity index (χ0v) is 16.5. The van der Waals surface area contributed by atoms with Gasteiger partial charge in [-0.3, -0.25) is 4.79 Å². The number of anilines is 1. The van der Waals surface area contributed by atoms with Crippen molar-refractivity contribution in [2.45, 2.75) is 26.4 Å². The molecule has 0 aliphatic heterocycles. The molecule has 0 radical (unpaired) electrons. The number of amides is 1. The Morgan fingerprint density at radius 1 is 1.04 bits per heavy atom. The lowest BCUT2D eigenvalue weighted by Gasteiger charge is -2.13. The molecule has 3 rings (SSSR count). The van der Waals surface area contributed by atoms with Crippen LogP contribution in [-0.4, -0.2) is 12.0 Å². The fourth-order valence-electron chi connectivity index (χ4n) is 2.83. The topological polar surface area (TPSA) is 38.3 Å². The molecular weight excluding hydrogens is 377 g/mol. The van der Waals surface area contributed by atoms with Crippen LogP contribution in [0.1, 0.15) is 19.4 Å². The van der Waals surface area contributed by atoms with Crippen molar-refractivity contribution < 1.29 is 13.9 Å². The molecule has 0 fully saturated rings. The van der Waals surface area contributed by atoms with Crippen LogP contribution in [0.3, 0.4) is 0 Å². The first-order valence-electron chi connectivity index (χ1n) is 9.03. The second-order valence-electron chi connectivity index (χ2n) is 6.68. The molecule has 0 aliphatic rings. The van der Waals surface area contributed by atoms with Crippen molar-refractivity contribution >= 4 is 23.2 Å². The Kier molecular flexibility index (Phi) is 6.32. The largest absolute Gasteiger partial charge is 0.488 e. The van der Waals surface area contributed by atoms with Crippen LogP contribution >= 0.6 is 11.6 Å². The van der Waals surface area contributed by atoms with Gasteiger partial charge in [0, 0.05) is 16.3 Å². The van der Waals surface area contributed by atoms with Gasteiger partial charge in [0.1, 0.15) is 0 Å². The van der Waals surface area contributed by atoms with E-state index in [-0.39, 0.29) is 24.2 Å². The summed E-state index contributed by atoms with van der Waals surface area (Å²) in [7, 11) is 0. The number of benzene rings is 3. The number of rotatable bonds is 6. The van der Waals surface area contributed by atoms with Crippen molar-refractivity contribution in [3.63, 3.8) is 0 Å². The fraction of sp³-hybridized carbons (Fsp3) is 0.174. The summed E-state index contributed by atoms with van der Waals surface area (Å²) in [6.07, 6.45) is 0.0745. The second kappa shape index (κ2) is 8.89. The second-order valence-corrected chi connectivity index (χ2v) is 7.09. The standard InChI is InChI=1S/C23H21ClFNO2/c1-15(2)28-21-9-5-7-19(23(21)25)16-10-12-18(13-11-16)26-22(27)14-17-6-3-4-8-20(17)24/h3-13,15H,14H2,1-2H3,(H,26,27). The Labute approximate surface area is 169 Å². The van der Waals surface area contributed by atoms with Crippen molar-refractivity contribution in [3.8, 4) is 16.9 Å². The summed E-state index contributed by atoms with van der Waals surface area (Å²) in [5.41, 5.74) is 2.56. The van der Waals surface area contributed by atoms with Gasteiger partial charge in [0.2, 0.25) is 5.91 Å². The van der Waals surface area contributed by atoms with Gasteiger partial charge >= 0.3 is 0 Å². The van der Waals surface area contributed by atoms with Crippen molar-refractivity contribution in [1.29, 1.82) is 0 Å². The van der Waals surface area contributed by atoms with Crippen molar-refractivity contribution in [2.75, 3.05) is 5.32 Å². The molecule has 1 N–H and O–H groups in total. The molecule has 3 aromatic carbocycles. The van der Waals surface area contributed by atoms with E-state index in [9.17, 15) is 9.18 Å².